The molecule has 0 saturated carbocycles. The maximum Gasteiger partial charge on any atom is 0.238 e. The first-order chi connectivity index (χ1) is 12.3. The lowest BCUT2D eigenvalue weighted by Crippen LogP contribution is -2.45. The molecule has 2 aromatic rings. The van der Waals surface area contributed by atoms with Crippen molar-refractivity contribution in [1.29, 1.82) is 0 Å². The fraction of sp³-hybridized carbons (Fsp3) is 0.333. The molecule has 1 aliphatic heterocycles. The van der Waals surface area contributed by atoms with Crippen molar-refractivity contribution >= 4 is 40.0 Å². The maximum atomic E-state index is 12.9. The molecule has 0 spiro atoms. The summed E-state index contributed by atoms with van der Waals surface area (Å²) in [7, 11) is 0. The van der Waals surface area contributed by atoms with Gasteiger partial charge in [0.2, 0.25) is 5.70 Å². The molecule has 5 nitrogen and oxygen atoms in total. The highest BCUT2D eigenvalue weighted by atomic mass is 32.1. The molecule has 3 rings (SSSR count). The molecule has 0 aromatic carbocycles. The van der Waals surface area contributed by atoms with Gasteiger partial charge in [0.25, 0.3) is 0 Å². The molecule has 132 valence electrons. The van der Waals surface area contributed by atoms with Crippen molar-refractivity contribution in [3.63, 3.8) is 0 Å². The van der Waals surface area contributed by atoms with Crippen LogP contribution in [-0.2, 0) is 4.74 Å². The first kappa shape index (κ1) is 18.0. The molecular formula is C18H21N3O2S2. The Kier molecular flexibility index (Phi) is 6.52. The lowest BCUT2D eigenvalue weighted by Gasteiger charge is -2.26. The van der Waals surface area contributed by atoms with Gasteiger partial charge in [-0.1, -0.05) is 24.4 Å². The minimum atomic E-state index is -0.0601. The zero-order valence-electron chi connectivity index (χ0n) is 13.9. The molecule has 3 heterocycles. The van der Waals surface area contributed by atoms with E-state index in [-0.39, 0.29) is 5.76 Å². The summed E-state index contributed by atoms with van der Waals surface area (Å²) in [6, 6.07) is 9.39. The van der Waals surface area contributed by atoms with Gasteiger partial charge >= 0.3 is 0 Å². The lowest BCUT2D eigenvalue weighted by molar-refractivity contribution is -0.577. The van der Waals surface area contributed by atoms with Gasteiger partial charge in [-0.25, -0.2) is 0 Å². The van der Waals surface area contributed by atoms with E-state index in [2.05, 4.69) is 10.2 Å². The van der Waals surface area contributed by atoms with Crippen molar-refractivity contribution in [2.24, 2.45) is 0 Å². The maximum absolute atomic E-state index is 12.9. The van der Waals surface area contributed by atoms with Gasteiger partial charge in [0.1, 0.15) is 0 Å². The van der Waals surface area contributed by atoms with Gasteiger partial charge in [0, 0.05) is 43.2 Å². The van der Waals surface area contributed by atoms with Crippen LogP contribution in [0, 0.1) is 0 Å². The van der Waals surface area contributed by atoms with Crippen LogP contribution < -0.4 is 15.0 Å². The summed E-state index contributed by atoms with van der Waals surface area (Å²) in [6.45, 7) is 5.01. The van der Waals surface area contributed by atoms with E-state index in [1.54, 1.807) is 4.57 Å². The van der Waals surface area contributed by atoms with Crippen molar-refractivity contribution in [3.05, 3.63) is 53.0 Å². The molecule has 1 saturated heterocycles. The second-order valence-electron chi connectivity index (χ2n) is 5.65. The summed E-state index contributed by atoms with van der Waals surface area (Å²) in [6.07, 6.45) is 3.69. The number of nitrogens with one attached hydrogen (secondary N) is 1. The molecule has 7 heteroatoms. The molecular weight excluding hydrogens is 354 g/mol. The molecule has 0 amide bonds. The predicted molar refractivity (Wildman–Crippen MR) is 102 cm³/mol. The highest BCUT2D eigenvalue weighted by Crippen LogP contribution is 2.19. The number of thiophene rings is 1. The summed E-state index contributed by atoms with van der Waals surface area (Å²) < 4.78 is 7.14. The van der Waals surface area contributed by atoms with E-state index in [1.165, 1.54) is 11.3 Å². The topological polar surface area (TPSA) is 51.4 Å². The van der Waals surface area contributed by atoms with Crippen LogP contribution in [0.15, 0.2) is 48.1 Å². The highest BCUT2D eigenvalue weighted by Gasteiger charge is 2.19. The zero-order chi connectivity index (χ0) is 17.5. The molecule has 1 aliphatic rings. The number of pyridine rings is 1. The molecule has 0 bridgehead atoms. The quantitative estimate of drug-likeness (QED) is 0.353. The second kappa shape index (κ2) is 9.05. The van der Waals surface area contributed by atoms with Crippen LogP contribution in [0.3, 0.4) is 0 Å². The first-order valence-electron chi connectivity index (χ1n) is 8.26. The van der Waals surface area contributed by atoms with E-state index in [1.807, 2.05) is 48.1 Å². The van der Waals surface area contributed by atoms with Crippen molar-refractivity contribution < 1.29 is 14.4 Å². The Bertz CT molecular complexity index is 711. The standard InChI is InChI=1S/C18H21N3O2S2/c22-17(15-5-4-14-25-15)16(21-7-2-1-3-8-21)18(24)19-6-9-20-10-12-23-13-11-20/h1-5,7-8,14H,6,9-13H2,(H-,19,22,24). The Morgan fingerprint density at radius 3 is 2.68 bits per heavy atom. The molecule has 1 N–H and O–H groups in total. The van der Waals surface area contributed by atoms with E-state index in [9.17, 15) is 5.11 Å². The third-order valence-corrected chi connectivity index (χ3v) is 5.17. The number of morpholine rings is 1. The molecule has 2 aromatic heterocycles. The number of rotatable bonds is 6. The van der Waals surface area contributed by atoms with Crippen LogP contribution in [0.25, 0.3) is 11.5 Å². The van der Waals surface area contributed by atoms with Gasteiger partial charge in [0.15, 0.2) is 17.4 Å². The minimum Gasteiger partial charge on any atom is -0.867 e. The van der Waals surface area contributed by atoms with Crippen molar-refractivity contribution in [2.75, 3.05) is 39.4 Å². The summed E-state index contributed by atoms with van der Waals surface area (Å²) in [5.74, 6) is -0.0601. The fourth-order valence-corrected chi connectivity index (χ4v) is 3.61. The van der Waals surface area contributed by atoms with Gasteiger partial charge in [-0.2, -0.15) is 4.57 Å². The van der Waals surface area contributed by atoms with Crippen molar-refractivity contribution in [2.45, 2.75) is 0 Å². The molecule has 0 radical (unpaired) electrons. The number of nitrogens with zero attached hydrogens (tertiary/aromatic N) is 2. The van der Waals surface area contributed by atoms with E-state index in [0.717, 1.165) is 32.8 Å². The van der Waals surface area contributed by atoms with E-state index in [4.69, 9.17) is 17.0 Å². The summed E-state index contributed by atoms with van der Waals surface area (Å²) in [5, 5.41) is 18.1. The largest absolute Gasteiger partial charge is 0.867 e. The second-order valence-corrected chi connectivity index (χ2v) is 7.00. The lowest BCUT2D eigenvalue weighted by atomic mass is 10.2. The van der Waals surface area contributed by atoms with E-state index in [0.29, 0.717) is 22.1 Å². The number of thiocarbonyl (C=S) groups is 1. The van der Waals surface area contributed by atoms with Gasteiger partial charge in [-0.15, -0.1) is 11.3 Å². The Morgan fingerprint density at radius 1 is 1.24 bits per heavy atom. The molecule has 0 unspecified atom stereocenters. The number of ether oxygens (including phenoxy) is 1. The summed E-state index contributed by atoms with van der Waals surface area (Å²) in [5.41, 5.74) is 0.486. The SMILES string of the molecule is [O-]/C(=C(\C(=S)NCCN1CCOCC1)[n+]1ccccc1)c1cccs1. The third-order valence-electron chi connectivity index (χ3n) is 3.97. The molecule has 25 heavy (non-hydrogen) atoms. The van der Waals surface area contributed by atoms with Crippen molar-refractivity contribution in [3.8, 4) is 0 Å². The predicted octanol–water partition coefficient (Wildman–Crippen LogP) is 0.971. The molecule has 0 aliphatic carbocycles. The van der Waals surface area contributed by atoms with Crippen LogP contribution in [0.1, 0.15) is 4.88 Å². The Labute approximate surface area is 157 Å². The molecule has 0 atom stereocenters. The average Bonchev–Trinajstić information content (AvgIpc) is 3.18. The van der Waals surface area contributed by atoms with E-state index >= 15 is 0 Å². The molecule has 1 fully saturated rings. The smallest absolute Gasteiger partial charge is 0.238 e. The van der Waals surface area contributed by atoms with Crippen LogP contribution in [0.4, 0.5) is 0 Å². The van der Waals surface area contributed by atoms with Gasteiger partial charge in [-0.05, 0) is 17.2 Å². The highest BCUT2D eigenvalue weighted by molar-refractivity contribution is 7.81. The monoisotopic (exact) mass is 375 g/mol. The first-order valence-corrected chi connectivity index (χ1v) is 9.54. The van der Waals surface area contributed by atoms with Crippen LogP contribution in [0.2, 0.25) is 0 Å². The van der Waals surface area contributed by atoms with Crippen LogP contribution in [-0.4, -0.2) is 49.3 Å². The van der Waals surface area contributed by atoms with Gasteiger partial charge < -0.3 is 15.2 Å². The normalized spacial score (nSPS) is 16.3. The Balaban J connectivity index is 1.73. The third kappa shape index (κ3) is 4.85. The fourth-order valence-electron chi connectivity index (χ4n) is 2.65. The summed E-state index contributed by atoms with van der Waals surface area (Å²) >= 11 is 6.97. The van der Waals surface area contributed by atoms with Crippen LogP contribution in [0.5, 0.6) is 0 Å². The Hall–Kier alpha value is -1.80. The number of hydrogen-bond acceptors (Lipinski definition) is 5. The van der Waals surface area contributed by atoms with Gasteiger partial charge in [0.05, 0.1) is 13.2 Å². The average molecular weight is 376 g/mol. The minimum absolute atomic E-state index is 0.0601. The van der Waals surface area contributed by atoms with Gasteiger partial charge in [-0.3, -0.25) is 4.90 Å². The van der Waals surface area contributed by atoms with Crippen LogP contribution >= 0.6 is 23.6 Å². The summed E-state index contributed by atoms with van der Waals surface area (Å²) in [4.78, 5) is 3.49. The zero-order valence-corrected chi connectivity index (χ0v) is 15.5. The van der Waals surface area contributed by atoms with Crippen molar-refractivity contribution in [1.82, 2.24) is 10.2 Å². The number of hydrogen-bond donors (Lipinski definition) is 1. The Morgan fingerprint density at radius 2 is 2.00 bits per heavy atom. The van der Waals surface area contributed by atoms with E-state index < -0.39 is 0 Å². The number of aromatic nitrogens is 1.